The lowest BCUT2D eigenvalue weighted by atomic mass is 9.88. The van der Waals surface area contributed by atoms with Gasteiger partial charge < -0.3 is 13.6 Å². The van der Waals surface area contributed by atoms with E-state index in [-0.39, 0.29) is 23.7 Å². The number of hydrogen-bond donors (Lipinski definition) is 0. The zero-order valence-electron chi connectivity index (χ0n) is 47.7. The lowest BCUT2D eigenvalue weighted by Crippen LogP contribution is -2.09. The molecule has 0 N–H and O–H groups in total. The van der Waals surface area contributed by atoms with Gasteiger partial charge in [-0.1, -0.05) is 171 Å². The molecule has 0 radical (unpaired) electrons. The van der Waals surface area contributed by atoms with Crippen molar-refractivity contribution < 1.29 is 13.6 Å². The SMILES string of the molecule is Cc1nc2oc3ccccc3c2c2c1oc1c(-c3nc4ccccc4n3-c3c(C(C)C)cc(-c4ccccc4)cc3C(C)C)cc(Oc3cccc(-c4nc5ccccc5n4-c4c(C(C)C)cc(-c5ccccc5)cc4C(C)C)c3)cc12. The number of para-hydroxylation sites is 5. The first-order chi connectivity index (χ1) is 39.9. The van der Waals surface area contributed by atoms with Gasteiger partial charge in [-0.15, -0.1) is 0 Å². The molecule has 0 amide bonds. The largest absolute Gasteiger partial charge is 0.457 e. The number of aryl methyl sites for hydroxylation is 1. The number of rotatable bonds is 12. The number of ether oxygens (including phenoxy) is 1. The molecule has 9 aromatic carbocycles. The van der Waals surface area contributed by atoms with Crippen LogP contribution in [-0.4, -0.2) is 24.1 Å². The molecule has 0 saturated carbocycles. The summed E-state index contributed by atoms with van der Waals surface area (Å²) < 4.78 is 25.8. The highest BCUT2D eigenvalue weighted by Crippen LogP contribution is 2.48. The fourth-order valence-electron chi connectivity index (χ4n) is 12.4. The fourth-order valence-corrected chi connectivity index (χ4v) is 12.4. The van der Waals surface area contributed by atoms with Gasteiger partial charge in [0.1, 0.15) is 34.3 Å². The summed E-state index contributed by atoms with van der Waals surface area (Å²) in [4.78, 5) is 16.1. The van der Waals surface area contributed by atoms with Crippen LogP contribution in [0.4, 0.5) is 0 Å². The van der Waals surface area contributed by atoms with Gasteiger partial charge in [-0.25, -0.2) is 15.0 Å². The molecule has 5 heterocycles. The maximum Gasteiger partial charge on any atom is 0.228 e. The van der Waals surface area contributed by atoms with Crippen LogP contribution in [-0.2, 0) is 0 Å². The molecule has 0 bridgehead atoms. The van der Waals surface area contributed by atoms with E-state index in [2.05, 4.69) is 234 Å². The average Bonchev–Trinajstić information content (AvgIpc) is 4.46. The van der Waals surface area contributed by atoms with Crippen LogP contribution in [0.2, 0.25) is 0 Å². The summed E-state index contributed by atoms with van der Waals surface area (Å²) in [7, 11) is 0. The van der Waals surface area contributed by atoms with Crippen LogP contribution >= 0.6 is 0 Å². The first-order valence-electron chi connectivity index (χ1n) is 28.8. The zero-order valence-corrected chi connectivity index (χ0v) is 47.7. The van der Waals surface area contributed by atoms with Gasteiger partial charge in [0.2, 0.25) is 5.71 Å². The first kappa shape index (κ1) is 50.7. The highest BCUT2D eigenvalue weighted by atomic mass is 16.5. The van der Waals surface area contributed by atoms with E-state index in [1.54, 1.807) is 0 Å². The lowest BCUT2D eigenvalue weighted by molar-refractivity contribution is 0.483. The topological polar surface area (TPSA) is 84.0 Å². The van der Waals surface area contributed by atoms with Crippen molar-refractivity contribution in [2.24, 2.45) is 0 Å². The van der Waals surface area contributed by atoms with Crippen LogP contribution in [0.5, 0.6) is 11.5 Å². The molecule has 82 heavy (non-hydrogen) atoms. The fraction of sp³-hybridized carbons (Fsp3) is 0.176. The monoisotopic (exact) mass is 1070 g/mol. The Bertz CT molecular complexity index is 4740. The second-order valence-electron chi connectivity index (χ2n) is 23.1. The van der Waals surface area contributed by atoms with Crippen LogP contribution in [0, 0.1) is 6.92 Å². The van der Waals surface area contributed by atoms with E-state index >= 15 is 0 Å². The third-order valence-electron chi connectivity index (χ3n) is 16.4. The summed E-state index contributed by atoms with van der Waals surface area (Å²) in [5.74, 6) is 3.65. The van der Waals surface area contributed by atoms with Crippen molar-refractivity contribution in [2.45, 2.75) is 86.0 Å². The Kier molecular flexibility index (Phi) is 12.3. The van der Waals surface area contributed by atoms with Crippen molar-refractivity contribution in [3.8, 4) is 67.9 Å². The normalized spacial score (nSPS) is 12.2. The van der Waals surface area contributed by atoms with E-state index in [0.29, 0.717) is 28.4 Å². The molecule has 8 nitrogen and oxygen atoms in total. The third-order valence-corrected chi connectivity index (χ3v) is 16.4. The Morgan fingerprint density at radius 2 is 0.890 bits per heavy atom. The van der Waals surface area contributed by atoms with Gasteiger partial charge in [0.15, 0.2) is 5.58 Å². The van der Waals surface area contributed by atoms with Crippen molar-refractivity contribution in [1.82, 2.24) is 24.1 Å². The molecule has 0 aliphatic heterocycles. The number of imidazole rings is 2. The molecule has 0 fully saturated rings. The Morgan fingerprint density at radius 3 is 1.46 bits per heavy atom. The first-order valence-corrected chi connectivity index (χ1v) is 28.8. The van der Waals surface area contributed by atoms with Gasteiger partial charge in [0.25, 0.3) is 0 Å². The molecular weight excluding hydrogens is 1010 g/mol. The van der Waals surface area contributed by atoms with Gasteiger partial charge in [-0.05, 0) is 154 Å². The standard InChI is InChI=1S/C74H63N5O3/c1-42(2)55-36-50(47-23-12-10-13-24-47)37-56(43(3)4)68(55)78-63-32-19-17-30-61(63)76-72(78)49-27-22-28-52(35-49)80-53-40-59-66-67-54-29-16-21-34-65(54)81-74(67)75-46(9)70(66)82-71(59)60(41-53)73-77-62-31-18-20-33-64(62)79(73)69-57(44(5)6)38-51(39-58(69)45(7)8)48-25-14-11-15-26-48/h10-45H,1-9H3. The van der Waals surface area contributed by atoms with Crippen LogP contribution in [0.15, 0.2) is 203 Å². The summed E-state index contributed by atoms with van der Waals surface area (Å²) in [5, 5.41) is 3.64. The van der Waals surface area contributed by atoms with Crippen molar-refractivity contribution in [3.05, 3.63) is 222 Å². The molecule has 8 heteroatoms. The molecule has 0 saturated heterocycles. The second-order valence-corrected chi connectivity index (χ2v) is 23.1. The van der Waals surface area contributed by atoms with Crippen LogP contribution in [0.25, 0.3) is 122 Å². The minimum Gasteiger partial charge on any atom is -0.457 e. The predicted molar refractivity (Wildman–Crippen MR) is 337 cm³/mol. The van der Waals surface area contributed by atoms with E-state index in [0.717, 1.165) is 83.4 Å². The molecule has 402 valence electrons. The van der Waals surface area contributed by atoms with E-state index in [1.165, 1.54) is 50.2 Å². The third kappa shape index (κ3) is 8.38. The summed E-state index contributed by atoms with van der Waals surface area (Å²) in [6.07, 6.45) is 0. The van der Waals surface area contributed by atoms with Gasteiger partial charge in [-0.2, -0.15) is 0 Å². The predicted octanol–water partition coefficient (Wildman–Crippen LogP) is 20.8. The number of furan rings is 2. The van der Waals surface area contributed by atoms with Crippen molar-refractivity contribution in [2.75, 3.05) is 0 Å². The summed E-state index contributed by atoms with van der Waals surface area (Å²) in [6.45, 7) is 20.3. The van der Waals surface area contributed by atoms with Gasteiger partial charge in [0.05, 0.1) is 50.1 Å². The maximum absolute atomic E-state index is 7.30. The summed E-state index contributed by atoms with van der Waals surface area (Å²) in [5.41, 5.74) is 21.0. The van der Waals surface area contributed by atoms with E-state index in [4.69, 9.17) is 28.5 Å². The van der Waals surface area contributed by atoms with Crippen molar-refractivity contribution in [3.63, 3.8) is 0 Å². The highest BCUT2D eigenvalue weighted by molar-refractivity contribution is 6.26. The Labute approximate surface area is 477 Å². The average molecular weight is 1070 g/mol. The number of fused-ring (bicyclic) bond motifs is 9. The molecule has 0 spiro atoms. The van der Waals surface area contributed by atoms with Crippen LogP contribution < -0.4 is 4.74 Å². The molecule has 0 aliphatic rings. The van der Waals surface area contributed by atoms with E-state index in [1.807, 2.05) is 31.2 Å². The number of benzene rings is 9. The van der Waals surface area contributed by atoms with Crippen LogP contribution in [0.1, 0.15) is 107 Å². The zero-order chi connectivity index (χ0) is 56.1. The van der Waals surface area contributed by atoms with Crippen molar-refractivity contribution >= 4 is 66.1 Å². The Hall–Kier alpha value is -9.53. The van der Waals surface area contributed by atoms with E-state index in [9.17, 15) is 0 Å². The molecule has 0 atom stereocenters. The number of hydrogen-bond acceptors (Lipinski definition) is 6. The molecule has 0 aliphatic carbocycles. The highest BCUT2D eigenvalue weighted by Gasteiger charge is 2.30. The van der Waals surface area contributed by atoms with E-state index < -0.39 is 0 Å². The number of nitrogens with zero attached hydrogens (tertiary/aromatic N) is 5. The Morgan fingerprint density at radius 1 is 0.390 bits per heavy atom. The Balaban J connectivity index is 1.01. The van der Waals surface area contributed by atoms with Crippen molar-refractivity contribution in [1.29, 1.82) is 0 Å². The molecule has 0 unspecified atom stereocenters. The van der Waals surface area contributed by atoms with Gasteiger partial charge in [0, 0.05) is 21.7 Å². The number of aromatic nitrogens is 5. The minimum atomic E-state index is 0.172. The minimum absolute atomic E-state index is 0.172. The maximum atomic E-state index is 7.30. The molecule has 14 aromatic rings. The van der Waals surface area contributed by atoms with Gasteiger partial charge in [-0.3, -0.25) is 9.13 Å². The molecule has 14 rings (SSSR count). The second kappa shape index (κ2) is 19.9. The number of pyridine rings is 1. The lowest BCUT2D eigenvalue weighted by Gasteiger charge is -2.24. The smallest absolute Gasteiger partial charge is 0.228 e. The molecule has 5 aromatic heterocycles. The quantitative estimate of drug-likeness (QED) is 0.121. The van der Waals surface area contributed by atoms with Gasteiger partial charge >= 0.3 is 0 Å². The van der Waals surface area contributed by atoms with Crippen LogP contribution in [0.3, 0.4) is 0 Å². The summed E-state index contributed by atoms with van der Waals surface area (Å²) >= 11 is 0. The molecular formula is C74H63N5O3. The summed E-state index contributed by atoms with van der Waals surface area (Å²) in [6, 6.07) is 68.6.